The van der Waals surface area contributed by atoms with Crippen LogP contribution in [0.1, 0.15) is 37.0 Å². The van der Waals surface area contributed by atoms with Gasteiger partial charge in [-0.1, -0.05) is 91.6 Å². The molecule has 0 aliphatic carbocycles. The summed E-state index contributed by atoms with van der Waals surface area (Å²) in [5.41, 5.74) is 2.66. The number of carbonyl (C=O) groups is 2. The molecule has 1 atom stereocenters. The van der Waals surface area contributed by atoms with Gasteiger partial charge in [0.2, 0.25) is 21.8 Å². The van der Waals surface area contributed by atoms with E-state index in [0.29, 0.717) is 34.3 Å². The number of para-hydroxylation sites is 1. The average molecular weight is 605 g/mol. The van der Waals surface area contributed by atoms with E-state index in [1.54, 1.807) is 30.3 Å². The first-order valence-corrected chi connectivity index (χ1v) is 15.8. The molecule has 0 heterocycles. The summed E-state index contributed by atoms with van der Waals surface area (Å²) in [6.07, 6.45) is 2.60. The van der Waals surface area contributed by atoms with E-state index < -0.39 is 28.5 Å². The lowest BCUT2D eigenvalue weighted by molar-refractivity contribution is -0.140. The molecule has 3 aromatic carbocycles. The minimum atomic E-state index is -3.84. The zero-order valence-corrected chi connectivity index (χ0v) is 25.3. The predicted molar refractivity (Wildman–Crippen MR) is 162 cm³/mol. The molecule has 0 radical (unpaired) electrons. The predicted octanol–water partition coefficient (Wildman–Crippen LogP) is 5.49. The van der Waals surface area contributed by atoms with Gasteiger partial charge in [0, 0.05) is 29.6 Å². The summed E-state index contributed by atoms with van der Waals surface area (Å²) in [4.78, 5) is 29.1. The van der Waals surface area contributed by atoms with Gasteiger partial charge in [-0.05, 0) is 47.7 Å². The highest BCUT2D eigenvalue weighted by Crippen LogP contribution is 2.26. The molecule has 0 bridgehead atoms. The lowest BCUT2D eigenvalue weighted by Gasteiger charge is -2.34. The van der Waals surface area contributed by atoms with Crippen LogP contribution in [0, 0.1) is 0 Å². The third-order valence-corrected chi connectivity index (χ3v) is 8.21. The molecule has 40 heavy (non-hydrogen) atoms. The smallest absolute Gasteiger partial charge is 0.244 e. The second-order valence-electron chi connectivity index (χ2n) is 9.51. The number of amides is 2. The van der Waals surface area contributed by atoms with Gasteiger partial charge in [0.1, 0.15) is 12.6 Å². The number of aryl methyl sites for hydroxylation is 1. The minimum absolute atomic E-state index is 0.0150. The molecular formula is C30H35Cl2N3O4S. The van der Waals surface area contributed by atoms with Gasteiger partial charge in [-0.15, -0.1) is 0 Å². The summed E-state index contributed by atoms with van der Waals surface area (Å²) in [5, 5.41) is 3.69. The van der Waals surface area contributed by atoms with Crippen molar-refractivity contribution in [2.75, 3.05) is 23.7 Å². The van der Waals surface area contributed by atoms with E-state index in [0.717, 1.165) is 28.1 Å². The molecule has 3 aromatic rings. The molecule has 0 aromatic heterocycles. The number of carbonyl (C=O) groups excluding carboxylic acids is 2. The van der Waals surface area contributed by atoms with Crippen LogP contribution in [0.3, 0.4) is 0 Å². The molecule has 2 amide bonds. The molecule has 0 aliphatic heterocycles. The third-order valence-electron chi connectivity index (χ3n) is 6.50. The van der Waals surface area contributed by atoms with E-state index in [9.17, 15) is 18.0 Å². The molecule has 214 valence electrons. The van der Waals surface area contributed by atoms with Crippen LogP contribution >= 0.6 is 23.2 Å². The number of hydrogen-bond acceptors (Lipinski definition) is 4. The largest absolute Gasteiger partial charge is 0.354 e. The van der Waals surface area contributed by atoms with Crippen molar-refractivity contribution in [2.24, 2.45) is 0 Å². The summed E-state index contributed by atoms with van der Waals surface area (Å²) < 4.78 is 27.1. The standard InChI is InChI=1S/C30H35Cl2N3O4S/c1-4-17-33-30(37)28(18-22-11-7-6-8-12-22)34(20-24-15-16-25(31)19-26(24)32)29(36)21-35(40(3,38)39)27-14-10-9-13-23(27)5-2/h6-16,19,28H,4-5,17-18,20-21H2,1-3H3,(H,33,37)/t28-/m1/s1. The van der Waals surface area contributed by atoms with Gasteiger partial charge >= 0.3 is 0 Å². The van der Waals surface area contributed by atoms with Crippen LogP contribution in [-0.4, -0.2) is 50.5 Å². The zero-order chi connectivity index (χ0) is 29.3. The van der Waals surface area contributed by atoms with Crippen molar-refractivity contribution in [1.82, 2.24) is 10.2 Å². The van der Waals surface area contributed by atoms with E-state index in [4.69, 9.17) is 23.2 Å². The molecule has 0 unspecified atom stereocenters. The Labute approximate surface area is 247 Å². The monoisotopic (exact) mass is 603 g/mol. The highest BCUT2D eigenvalue weighted by Gasteiger charge is 2.33. The molecular weight excluding hydrogens is 569 g/mol. The Balaban J connectivity index is 2.09. The van der Waals surface area contributed by atoms with Crippen molar-refractivity contribution in [3.8, 4) is 0 Å². The number of halogens is 2. The first kappa shape index (κ1) is 31.5. The van der Waals surface area contributed by atoms with Crippen LogP contribution in [0.25, 0.3) is 0 Å². The Morgan fingerprint density at radius 1 is 0.925 bits per heavy atom. The number of sulfonamides is 1. The number of anilines is 1. The van der Waals surface area contributed by atoms with Crippen LogP contribution in [0.4, 0.5) is 5.69 Å². The van der Waals surface area contributed by atoms with Gasteiger partial charge in [-0.3, -0.25) is 13.9 Å². The topological polar surface area (TPSA) is 86.8 Å². The van der Waals surface area contributed by atoms with Gasteiger partial charge in [0.05, 0.1) is 11.9 Å². The molecule has 0 spiro atoms. The zero-order valence-electron chi connectivity index (χ0n) is 22.9. The maximum atomic E-state index is 14.1. The molecule has 1 N–H and O–H groups in total. The second-order valence-corrected chi connectivity index (χ2v) is 12.3. The quantitative estimate of drug-likeness (QED) is 0.280. The van der Waals surface area contributed by atoms with Crippen molar-refractivity contribution >= 4 is 50.7 Å². The highest BCUT2D eigenvalue weighted by molar-refractivity contribution is 7.92. The van der Waals surface area contributed by atoms with Gasteiger partial charge in [-0.2, -0.15) is 0 Å². The SMILES string of the molecule is CCCNC(=O)[C@@H](Cc1ccccc1)N(Cc1ccc(Cl)cc1Cl)C(=O)CN(c1ccccc1CC)S(C)(=O)=O. The third kappa shape index (κ3) is 8.46. The van der Waals surface area contributed by atoms with Crippen LogP contribution < -0.4 is 9.62 Å². The van der Waals surface area contributed by atoms with Gasteiger partial charge < -0.3 is 10.2 Å². The number of hydrogen-bond donors (Lipinski definition) is 1. The molecule has 7 nitrogen and oxygen atoms in total. The first-order valence-electron chi connectivity index (χ1n) is 13.2. The molecule has 0 saturated heterocycles. The van der Waals surface area contributed by atoms with Crippen molar-refractivity contribution in [3.63, 3.8) is 0 Å². The normalized spacial score (nSPS) is 12.0. The number of benzene rings is 3. The second kappa shape index (κ2) is 14.5. The summed E-state index contributed by atoms with van der Waals surface area (Å²) in [6, 6.07) is 20.5. The Morgan fingerprint density at radius 3 is 2.23 bits per heavy atom. The van der Waals surface area contributed by atoms with Gasteiger partial charge in [0.15, 0.2) is 0 Å². The fourth-order valence-electron chi connectivity index (χ4n) is 4.40. The molecule has 0 fully saturated rings. The Hall–Kier alpha value is -3.07. The Bertz CT molecular complexity index is 1420. The Morgan fingerprint density at radius 2 is 1.60 bits per heavy atom. The van der Waals surface area contributed by atoms with Crippen LogP contribution in [0.2, 0.25) is 10.0 Å². The minimum Gasteiger partial charge on any atom is -0.354 e. The van der Waals surface area contributed by atoms with Crippen molar-refractivity contribution in [1.29, 1.82) is 0 Å². The molecule has 0 saturated carbocycles. The van der Waals surface area contributed by atoms with Crippen LogP contribution in [-0.2, 0) is 39.0 Å². The lowest BCUT2D eigenvalue weighted by atomic mass is 10.0. The van der Waals surface area contributed by atoms with Crippen LogP contribution in [0.5, 0.6) is 0 Å². The number of nitrogens with zero attached hydrogens (tertiary/aromatic N) is 2. The molecule has 3 rings (SSSR count). The summed E-state index contributed by atoms with van der Waals surface area (Å²) in [6.45, 7) is 3.81. The summed E-state index contributed by atoms with van der Waals surface area (Å²) >= 11 is 12.6. The van der Waals surface area contributed by atoms with Crippen molar-refractivity contribution in [3.05, 3.63) is 99.5 Å². The summed E-state index contributed by atoms with van der Waals surface area (Å²) in [5.74, 6) is -0.862. The molecule has 0 aliphatic rings. The average Bonchev–Trinajstić information content (AvgIpc) is 2.93. The van der Waals surface area contributed by atoms with Crippen molar-refractivity contribution < 1.29 is 18.0 Å². The van der Waals surface area contributed by atoms with E-state index >= 15 is 0 Å². The maximum absolute atomic E-state index is 14.1. The van der Waals surface area contributed by atoms with E-state index in [2.05, 4.69) is 5.32 Å². The molecule has 10 heteroatoms. The van der Waals surface area contributed by atoms with Crippen LogP contribution in [0.15, 0.2) is 72.8 Å². The van der Waals surface area contributed by atoms with Gasteiger partial charge in [-0.25, -0.2) is 8.42 Å². The van der Waals surface area contributed by atoms with E-state index in [1.807, 2.05) is 56.3 Å². The highest BCUT2D eigenvalue weighted by atomic mass is 35.5. The maximum Gasteiger partial charge on any atom is 0.244 e. The number of rotatable bonds is 13. The number of nitrogens with one attached hydrogen (secondary N) is 1. The van der Waals surface area contributed by atoms with Gasteiger partial charge in [0.25, 0.3) is 0 Å². The fourth-order valence-corrected chi connectivity index (χ4v) is 5.75. The van der Waals surface area contributed by atoms with E-state index in [-0.39, 0.29) is 18.9 Å². The summed E-state index contributed by atoms with van der Waals surface area (Å²) in [7, 11) is -3.84. The van der Waals surface area contributed by atoms with E-state index in [1.165, 1.54) is 4.90 Å². The Kier molecular flexibility index (Phi) is 11.4. The lowest BCUT2D eigenvalue weighted by Crippen LogP contribution is -2.53. The van der Waals surface area contributed by atoms with Crippen molar-refractivity contribution in [2.45, 2.75) is 45.7 Å². The fraction of sp³-hybridized carbons (Fsp3) is 0.333. The first-order chi connectivity index (χ1) is 19.0.